The van der Waals surface area contributed by atoms with Crippen molar-refractivity contribution in [3.63, 3.8) is 0 Å². The molecule has 0 bridgehead atoms. The number of aromatic nitrogens is 2. The molecule has 1 atom stereocenters. The maximum atomic E-state index is 12.6. The third-order valence-electron chi connectivity index (χ3n) is 5.14. The van der Waals surface area contributed by atoms with E-state index < -0.39 is 33.1 Å². The molecule has 1 aliphatic rings. The highest BCUT2D eigenvalue weighted by atomic mass is 32.2. The molecular formula is C22H27F3N4O5S. The van der Waals surface area contributed by atoms with Crippen LogP contribution in [0.25, 0.3) is 21.8 Å². The fraction of sp³-hybridized carbons (Fsp3) is 0.455. The zero-order valence-electron chi connectivity index (χ0n) is 19.6. The first kappa shape index (κ1) is 26.5. The predicted octanol–water partition coefficient (Wildman–Crippen LogP) is 4.59. The second kappa shape index (κ2) is 9.53. The third kappa shape index (κ3) is 5.61. The molecule has 13 heteroatoms. The Morgan fingerprint density at radius 3 is 2.49 bits per heavy atom. The smallest absolute Gasteiger partial charge is 0.444 e. The van der Waals surface area contributed by atoms with Gasteiger partial charge in [0.15, 0.2) is 0 Å². The largest absolute Gasteiger partial charge is 0.534 e. The summed E-state index contributed by atoms with van der Waals surface area (Å²) in [6, 6.07) is 6.79. The van der Waals surface area contributed by atoms with Gasteiger partial charge in [0.25, 0.3) is 0 Å². The van der Waals surface area contributed by atoms with Crippen molar-refractivity contribution in [2.75, 3.05) is 13.6 Å². The van der Waals surface area contributed by atoms with Crippen molar-refractivity contribution >= 4 is 38.0 Å². The minimum atomic E-state index is -5.77. The Balaban J connectivity index is 0.00000167. The lowest BCUT2D eigenvalue weighted by atomic mass is 10.1. The van der Waals surface area contributed by atoms with Gasteiger partial charge < -0.3 is 19.6 Å². The molecule has 1 aromatic heterocycles. The van der Waals surface area contributed by atoms with E-state index in [1.807, 2.05) is 0 Å². The normalized spacial score (nSPS) is 16.8. The molecule has 35 heavy (non-hydrogen) atoms. The Hall–Kier alpha value is -3.06. The second-order valence-electron chi connectivity index (χ2n) is 8.78. The number of hydrogen-bond donors (Lipinski definition) is 2. The topological polar surface area (TPSA) is 128 Å². The van der Waals surface area contributed by atoms with Gasteiger partial charge in [-0.3, -0.25) is 4.90 Å². The first-order valence-electron chi connectivity index (χ1n) is 10.8. The van der Waals surface area contributed by atoms with Crippen LogP contribution < -0.4 is 9.92 Å². The van der Waals surface area contributed by atoms with E-state index in [-0.39, 0.29) is 6.04 Å². The number of alkyl halides is 3. The van der Waals surface area contributed by atoms with Crippen LogP contribution in [0.15, 0.2) is 30.3 Å². The molecule has 0 radical (unpaired) electrons. The van der Waals surface area contributed by atoms with Crippen LogP contribution in [-0.2, 0) is 14.9 Å². The Morgan fingerprint density at radius 1 is 1.17 bits per heavy atom. The molecule has 4 rings (SSSR count). The zero-order chi connectivity index (χ0) is 26.2. The second-order valence-corrected chi connectivity index (χ2v) is 10.3. The van der Waals surface area contributed by atoms with Gasteiger partial charge in [0, 0.05) is 11.9 Å². The van der Waals surface area contributed by atoms with Gasteiger partial charge in [-0.15, -0.1) is 0 Å². The van der Waals surface area contributed by atoms with Gasteiger partial charge >= 0.3 is 21.7 Å². The lowest BCUT2D eigenvalue weighted by molar-refractivity contribution is -0.0500. The van der Waals surface area contributed by atoms with Gasteiger partial charge in [-0.1, -0.05) is 6.07 Å². The molecule has 9 nitrogen and oxygen atoms in total. The maximum absolute atomic E-state index is 12.6. The minimum Gasteiger partial charge on any atom is -0.444 e. The summed E-state index contributed by atoms with van der Waals surface area (Å²) in [7, 11) is -4.27. The number of nitrogens with two attached hydrogens (primary N) is 1. The first-order valence-corrected chi connectivity index (χ1v) is 12.2. The number of fused-ring (bicyclic) bond motifs is 3. The number of likely N-dealkylation sites (tertiary alicyclic amines) is 1. The van der Waals surface area contributed by atoms with Crippen LogP contribution in [0.2, 0.25) is 0 Å². The molecule has 192 valence electrons. The molecule has 1 saturated heterocycles. The van der Waals surface area contributed by atoms with E-state index in [2.05, 4.69) is 19.9 Å². The minimum absolute atomic E-state index is 0.304. The van der Waals surface area contributed by atoms with Crippen LogP contribution in [0.5, 0.6) is 5.75 Å². The van der Waals surface area contributed by atoms with Crippen molar-refractivity contribution in [1.29, 1.82) is 0 Å². The van der Waals surface area contributed by atoms with Crippen LogP contribution in [0.3, 0.4) is 0 Å². The zero-order valence-corrected chi connectivity index (χ0v) is 20.5. The Kier molecular flexibility index (Phi) is 7.23. The van der Waals surface area contributed by atoms with E-state index in [1.165, 1.54) is 19.2 Å². The molecule has 2 aromatic carbocycles. The number of amides is 1. The number of nitrogens with one attached hydrogen (secondary N) is 1. The molecule has 1 fully saturated rings. The lowest BCUT2D eigenvalue weighted by Crippen LogP contribution is -2.36. The molecule has 1 unspecified atom stereocenters. The van der Waals surface area contributed by atoms with Crippen molar-refractivity contribution in [2.45, 2.75) is 50.8 Å². The summed E-state index contributed by atoms with van der Waals surface area (Å²) in [4.78, 5) is 22.1. The number of ether oxygens (including phenoxy) is 1. The number of hydrogen-bond acceptors (Lipinski definition) is 7. The molecule has 0 aliphatic carbocycles. The number of benzene rings is 2. The van der Waals surface area contributed by atoms with E-state index in [1.54, 1.807) is 37.8 Å². The predicted molar refractivity (Wildman–Crippen MR) is 124 cm³/mol. The van der Waals surface area contributed by atoms with Crippen molar-refractivity contribution in [3.8, 4) is 5.75 Å². The molecule has 3 aromatic rings. The Morgan fingerprint density at radius 2 is 1.86 bits per heavy atom. The molecule has 1 aliphatic heterocycles. The van der Waals surface area contributed by atoms with E-state index >= 15 is 0 Å². The van der Waals surface area contributed by atoms with Crippen LogP contribution in [0, 0.1) is 0 Å². The highest BCUT2D eigenvalue weighted by Gasteiger charge is 2.48. The van der Waals surface area contributed by atoms with Crippen LogP contribution in [0.4, 0.5) is 18.0 Å². The Bertz CT molecular complexity index is 1330. The monoisotopic (exact) mass is 516 g/mol. The summed E-state index contributed by atoms with van der Waals surface area (Å²) in [6.45, 7) is 5.91. The van der Waals surface area contributed by atoms with Crippen molar-refractivity contribution in [2.24, 2.45) is 5.73 Å². The van der Waals surface area contributed by atoms with Gasteiger partial charge in [0.2, 0.25) is 0 Å². The maximum Gasteiger partial charge on any atom is 0.534 e. The van der Waals surface area contributed by atoms with E-state index in [9.17, 15) is 26.4 Å². The summed E-state index contributed by atoms with van der Waals surface area (Å²) < 4.78 is 70.1. The van der Waals surface area contributed by atoms with E-state index in [0.717, 1.165) is 12.5 Å². The first-order chi connectivity index (χ1) is 16.2. The highest BCUT2D eigenvalue weighted by molar-refractivity contribution is 7.88. The van der Waals surface area contributed by atoms with Gasteiger partial charge in [-0.2, -0.15) is 21.6 Å². The average molecular weight is 517 g/mol. The number of H-pyrrole nitrogens is 1. The standard InChI is InChI=1S/C21H22F3N3O5S.CH5N/c1-20(2,3)31-19(28)27-10-4-5-16(27)18-25-15-9-6-12-11-13(7-8-14(12)17(15)26-18)32-33(29,30)21(22,23)24;1-2/h6-9,11,16H,4-5,10H2,1-3H3,(H,25,26);2H2,1H3. The van der Waals surface area contributed by atoms with E-state index in [4.69, 9.17) is 4.74 Å². The summed E-state index contributed by atoms with van der Waals surface area (Å²) in [5, 5.41) is 1.04. The summed E-state index contributed by atoms with van der Waals surface area (Å²) in [6.07, 6.45) is 1.06. The van der Waals surface area contributed by atoms with E-state index in [0.29, 0.717) is 40.6 Å². The number of nitrogens with zero attached hydrogens (tertiary/aromatic N) is 2. The van der Waals surface area contributed by atoms with Crippen molar-refractivity contribution in [1.82, 2.24) is 14.9 Å². The number of halogens is 3. The molecule has 2 heterocycles. The summed E-state index contributed by atoms with van der Waals surface area (Å²) in [5.74, 6) is 0.114. The number of carbonyl (C=O) groups is 1. The summed E-state index contributed by atoms with van der Waals surface area (Å²) >= 11 is 0. The molecule has 0 spiro atoms. The number of aromatic amines is 1. The van der Waals surface area contributed by atoms with Crippen LogP contribution in [0.1, 0.15) is 45.5 Å². The lowest BCUT2D eigenvalue weighted by Gasteiger charge is -2.27. The fourth-order valence-corrected chi connectivity index (χ4v) is 4.22. The SMILES string of the molecule is CC(C)(C)OC(=O)N1CCCC1c1nc2c(ccc3cc(OS(=O)(=O)C(F)(F)F)ccc32)[nH]1.CN. The number of rotatable bonds is 3. The average Bonchev–Trinajstić information content (AvgIpc) is 3.39. The molecule has 1 amide bonds. The number of carbonyl (C=O) groups excluding carboxylic acids is 1. The van der Waals surface area contributed by atoms with Crippen LogP contribution >= 0.6 is 0 Å². The number of imidazole rings is 1. The van der Waals surface area contributed by atoms with Crippen molar-refractivity contribution < 1.29 is 35.3 Å². The van der Waals surface area contributed by atoms with Gasteiger partial charge in [-0.25, -0.2) is 9.78 Å². The van der Waals surface area contributed by atoms with Crippen molar-refractivity contribution in [3.05, 3.63) is 36.2 Å². The summed E-state index contributed by atoms with van der Waals surface area (Å²) in [5.41, 5.74) is -0.438. The third-order valence-corrected chi connectivity index (χ3v) is 6.12. The fourth-order valence-electron chi connectivity index (χ4n) is 3.77. The van der Waals surface area contributed by atoms with Gasteiger partial charge in [0.05, 0.1) is 17.1 Å². The molecule has 3 N–H and O–H groups in total. The molecular weight excluding hydrogens is 489 g/mol. The Labute approximate surface area is 200 Å². The molecule has 0 saturated carbocycles. The van der Waals surface area contributed by atoms with Gasteiger partial charge in [-0.05, 0) is 70.3 Å². The quantitative estimate of drug-likeness (QED) is 0.385. The van der Waals surface area contributed by atoms with Crippen LogP contribution in [-0.4, -0.2) is 54.1 Å². The van der Waals surface area contributed by atoms with Gasteiger partial charge in [0.1, 0.15) is 17.2 Å². The highest BCUT2D eigenvalue weighted by Crippen LogP contribution is 2.35.